The highest BCUT2D eigenvalue weighted by Gasteiger charge is 2.05. The second-order valence-corrected chi connectivity index (χ2v) is 5.15. The van der Waals surface area contributed by atoms with E-state index >= 15 is 0 Å². The Labute approximate surface area is 109 Å². The predicted molar refractivity (Wildman–Crippen MR) is 73.6 cm³/mol. The lowest BCUT2D eigenvalue weighted by Crippen LogP contribution is -1.88. The monoisotopic (exact) mass is 256 g/mol. The Balaban J connectivity index is 1.92. The maximum atomic E-state index is 5.55. The quantitative estimate of drug-likeness (QED) is 0.739. The molecule has 0 fully saturated rings. The molecule has 0 radical (unpaired) electrons. The summed E-state index contributed by atoms with van der Waals surface area (Å²) < 4.78 is 0. The summed E-state index contributed by atoms with van der Waals surface area (Å²) in [6.45, 7) is 2.07. The highest BCUT2D eigenvalue weighted by atomic mass is 32.2. The fraction of sp³-hybridized carbons (Fsp3) is 0.0769. The van der Waals surface area contributed by atoms with Gasteiger partial charge in [0.2, 0.25) is 0 Å². The van der Waals surface area contributed by atoms with Crippen LogP contribution in [0.2, 0.25) is 0 Å². The number of fused-ring (bicyclic) bond motifs is 1. The summed E-state index contributed by atoms with van der Waals surface area (Å²) >= 11 is 1.54. The lowest BCUT2D eigenvalue weighted by molar-refractivity contribution is 1.08. The van der Waals surface area contributed by atoms with Crippen LogP contribution in [0.15, 0.2) is 46.6 Å². The highest BCUT2D eigenvalue weighted by Crippen LogP contribution is 2.27. The number of hydrogen-bond acceptors (Lipinski definition) is 4. The molecule has 3 aromatic rings. The fourth-order valence-corrected chi connectivity index (χ4v) is 2.48. The minimum atomic E-state index is 0.527. The Bertz CT molecular complexity index is 688. The SMILES string of the molecule is Cc1ccc2nc(Sc3ccc(N)nc3)[nH]c2c1. The van der Waals surface area contributed by atoms with E-state index in [-0.39, 0.29) is 0 Å². The lowest BCUT2D eigenvalue weighted by Gasteiger charge is -1.97. The molecule has 0 unspecified atom stereocenters. The fourth-order valence-electron chi connectivity index (χ4n) is 1.71. The van der Waals surface area contributed by atoms with Crippen LogP contribution in [-0.2, 0) is 0 Å². The number of nitrogens with zero attached hydrogens (tertiary/aromatic N) is 2. The summed E-state index contributed by atoms with van der Waals surface area (Å²) in [5.41, 5.74) is 8.81. The molecule has 1 aromatic carbocycles. The summed E-state index contributed by atoms with van der Waals surface area (Å²) in [7, 11) is 0. The average molecular weight is 256 g/mol. The molecular formula is C13H12N4S. The minimum absolute atomic E-state index is 0.527. The number of hydrogen-bond donors (Lipinski definition) is 2. The first-order valence-corrected chi connectivity index (χ1v) is 6.38. The van der Waals surface area contributed by atoms with Crippen molar-refractivity contribution >= 4 is 28.6 Å². The van der Waals surface area contributed by atoms with Gasteiger partial charge in [-0.15, -0.1) is 0 Å². The molecule has 5 heteroatoms. The van der Waals surface area contributed by atoms with Gasteiger partial charge in [0.25, 0.3) is 0 Å². The Morgan fingerprint density at radius 1 is 1.22 bits per heavy atom. The molecule has 0 aliphatic carbocycles. The van der Waals surface area contributed by atoms with Crippen LogP contribution in [0.25, 0.3) is 11.0 Å². The maximum absolute atomic E-state index is 5.55. The maximum Gasteiger partial charge on any atom is 0.171 e. The van der Waals surface area contributed by atoms with Gasteiger partial charge in [-0.2, -0.15) is 0 Å². The third-order valence-electron chi connectivity index (χ3n) is 2.59. The summed E-state index contributed by atoms with van der Waals surface area (Å²) in [5, 5.41) is 0.863. The van der Waals surface area contributed by atoms with Crippen molar-refractivity contribution in [3.05, 3.63) is 42.1 Å². The average Bonchev–Trinajstić information content (AvgIpc) is 2.73. The van der Waals surface area contributed by atoms with E-state index in [1.807, 2.05) is 12.1 Å². The third kappa shape index (κ3) is 2.17. The highest BCUT2D eigenvalue weighted by molar-refractivity contribution is 7.99. The van der Waals surface area contributed by atoms with Gasteiger partial charge in [-0.25, -0.2) is 9.97 Å². The molecule has 3 rings (SSSR count). The number of pyridine rings is 1. The number of aromatic amines is 1. The minimum Gasteiger partial charge on any atom is -0.384 e. The first kappa shape index (κ1) is 11.1. The Morgan fingerprint density at radius 3 is 2.89 bits per heavy atom. The topological polar surface area (TPSA) is 67.6 Å². The van der Waals surface area contributed by atoms with Gasteiger partial charge in [0.1, 0.15) is 5.82 Å². The number of imidazole rings is 1. The number of benzene rings is 1. The van der Waals surface area contributed by atoms with E-state index in [4.69, 9.17) is 5.73 Å². The van der Waals surface area contributed by atoms with Gasteiger partial charge < -0.3 is 10.7 Å². The van der Waals surface area contributed by atoms with Gasteiger partial charge in [-0.1, -0.05) is 17.8 Å². The Kier molecular flexibility index (Phi) is 2.68. The zero-order valence-corrected chi connectivity index (χ0v) is 10.7. The van der Waals surface area contributed by atoms with E-state index in [0.29, 0.717) is 5.82 Å². The first-order chi connectivity index (χ1) is 8.70. The number of nitrogen functional groups attached to an aromatic ring is 1. The molecule has 0 aliphatic rings. The van der Waals surface area contributed by atoms with Crippen molar-refractivity contribution in [2.24, 2.45) is 0 Å². The molecule has 4 nitrogen and oxygen atoms in total. The number of nitrogens with two attached hydrogens (primary N) is 1. The molecule has 2 heterocycles. The largest absolute Gasteiger partial charge is 0.384 e. The normalized spacial score (nSPS) is 10.9. The van der Waals surface area contributed by atoms with E-state index in [0.717, 1.165) is 21.1 Å². The molecule has 3 N–H and O–H groups in total. The van der Waals surface area contributed by atoms with Crippen molar-refractivity contribution in [1.82, 2.24) is 15.0 Å². The summed E-state index contributed by atoms with van der Waals surface area (Å²) in [4.78, 5) is 12.9. The van der Waals surface area contributed by atoms with Crippen molar-refractivity contribution < 1.29 is 0 Å². The van der Waals surface area contributed by atoms with Crippen molar-refractivity contribution in [3.8, 4) is 0 Å². The van der Waals surface area contributed by atoms with Gasteiger partial charge in [0, 0.05) is 11.1 Å². The molecule has 0 saturated heterocycles. The molecule has 0 amide bonds. The first-order valence-electron chi connectivity index (χ1n) is 5.56. The predicted octanol–water partition coefficient (Wildman–Crippen LogP) is 3.00. The number of anilines is 1. The molecule has 0 bridgehead atoms. The zero-order valence-electron chi connectivity index (χ0n) is 9.84. The number of aryl methyl sites for hydroxylation is 1. The van der Waals surface area contributed by atoms with Crippen LogP contribution < -0.4 is 5.73 Å². The van der Waals surface area contributed by atoms with Gasteiger partial charge in [0.05, 0.1) is 11.0 Å². The van der Waals surface area contributed by atoms with Crippen LogP contribution in [0.3, 0.4) is 0 Å². The van der Waals surface area contributed by atoms with Crippen LogP contribution in [0, 0.1) is 6.92 Å². The van der Waals surface area contributed by atoms with E-state index in [1.165, 1.54) is 5.56 Å². The summed E-state index contributed by atoms with van der Waals surface area (Å²) in [6.07, 6.45) is 1.75. The van der Waals surface area contributed by atoms with Crippen molar-refractivity contribution in [3.63, 3.8) is 0 Å². The standard InChI is InChI=1S/C13H12N4S/c1-8-2-4-10-11(6-8)17-13(16-10)18-9-3-5-12(14)15-7-9/h2-7H,1H3,(H2,14,15)(H,16,17). The van der Waals surface area contributed by atoms with Gasteiger partial charge in [-0.3, -0.25) is 0 Å². The van der Waals surface area contributed by atoms with E-state index in [1.54, 1.807) is 24.0 Å². The number of nitrogens with one attached hydrogen (secondary N) is 1. The number of H-pyrrole nitrogens is 1. The summed E-state index contributed by atoms with van der Waals surface area (Å²) in [6, 6.07) is 9.89. The van der Waals surface area contributed by atoms with Gasteiger partial charge in [-0.05, 0) is 36.8 Å². The smallest absolute Gasteiger partial charge is 0.171 e. The molecule has 0 spiro atoms. The summed E-state index contributed by atoms with van der Waals surface area (Å²) in [5.74, 6) is 0.527. The Hall–Kier alpha value is -2.01. The lowest BCUT2D eigenvalue weighted by atomic mass is 10.2. The van der Waals surface area contributed by atoms with Crippen molar-refractivity contribution in [2.75, 3.05) is 5.73 Å². The third-order valence-corrected chi connectivity index (χ3v) is 3.45. The molecular weight excluding hydrogens is 244 g/mol. The van der Waals surface area contributed by atoms with Crippen molar-refractivity contribution in [1.29, 1.82) is 0 Å². The second-order valence-electron chi connectivity index (χ2n) is 4.08. The van der Waals surface area contributed by atoms with E-state index < -0.39 is 0 Å². The number of rotatable bonds is 2. The molecule has 0 aliphatic heterocycles. The Morgan fingerprint density at radius 2 is 2.11 bits per heavy atom. The van der Waals surface area contributed by atoms with E-state index in [9.17, 15) is 0 Å². The van der Waals surface area contributed by atoms with Crippen LogP contribution in [-0.4, -0.2) is 15.0 Å². The molecule has 90 valence electrons. The van der Waals surface area contributed by atoms with Crippen LogP contribution in [0.4, 0.5) is 5.82 Å². The number of aromatic nitrogens is 3. The van der Waals surface area contributed by atoms with Crippen molar-refractivity contribution in [2.45, 2.75) is 17.0 Å². The zero-order chi connectivity index (χ0) is 12.5. The van der Waals surface area contributed by atoms with Crippen LogP contribution in [0.1, 0.15) is 5.56 Å². The van der Waals surface area contributed by atoms with Crippen LogP contribution >= 0.6 is 11.8 Å². The van der Waals surface area contributed by atoms with Gasteiger partial charge >= 0.3 is 0 Å². The van der Waals surface area contributed by atoms with E-state index in [2.05, 4.69) is 34.0 Å². The molecule has 2 aromatic heterocycles. The molecule has 18 heavy (non-hydrogen) atoms. The van der Waals surface area contributed by atoms with Crippen LogP contribution in [0.5, 0.6) is 0 Å². The molecule has 0 atom stereocenters. The van der Waals surface area contributed by atoms with Gasteiger partial charge in [0.15, 0.2) is 5.16 Å². The second kappa shape index (κ2) is 4.34. The molecule has 0 saturated carbocycles.